The molecule has 1 aromatic heterocycles. The van der Waals surface area contributed by atoms with Gasteiger partial charge in [0.25, 0.3) is 11.8 Å². The van der Waals surface area contributed by atoms with Crippen LogP contribution in [0.2, 0.25) is 0 Å². The predicted molar refractivity (Wildman–Crippen MR) is 113 cm³/mol. The fourth-order valence-electron chi connectivity index (χ4n) is 3.90. The summed E-state index contributed by atoms with van der Waals surface area (Å²) in [6, 6.07) is 17.3. The van der Waals surface area contributed by atoms with Gasteiger partial charge >= 0.3 is 0 Å². The zero-order valence-electron chi connectivity index (χ0n) is 17.1. The Labute approximate surface area is 175 Å². The standard InChI is InChI=1S/C24H24FN3O2/c1-17-3-4-18(2)28(17)22-11-7-20(8-12-22)24(30)27-15-13-26(14-16-27)23(29)19-5-9-21(25)10-6-19/h3-12H,13-16H2,1-2H3. The molecule has 0 unspecified atom stereocenters. The Hall–Kier alpha value is -3.41. The zero-order chi connectivity index (χ0) is 21.3. The van der Waals surface area contributed by atoms with Gasteiger partial charge in [0.1, 0.15) is 5.82 Å². The van der Waals surface area contributed by atoms with E-state index in [0.717, 1.165) is 17.1 Å². The Morgan fingerprint density at radius 1 is 0.667 bits per heavy atom. The first kappa shape index (κ1) is 19.9. The Morgan fingerprint density at radius 2 is 1.07 bits per heavy atom. The number of carbonyl (C=O) groups excluding carboxylic acids is 2. The van der Waals surface area contributed by atoms with Crippen molar-refractivity contribution >= 4 is 11.8 Å². The minimum Gasteiger partial charge on any atom is -0.335 e. The molecule has 0 atom stereocenters. The summed E-state index contributed by atoms with van der Waals surface area (Å²) in [5.41, 5.74) is 4.42. The predicted octanol–water partition coefficient (Wildman–Crippen LogP) is 3.83. The number of hydrogen-bond acceptors (Lipinski definition) is 2. The van der Waals surface area contributed by atoms with Crippen molar-refractivity contribution in [1.29, 1.82) is 0 Å². The Balaban J connectivity index is 1.39. The van der Waals surface area contributed by atoms with Crippen LogP contribution < -0.4 is 0 Å². The fraction of sp³-hybridized carbons (Fsp3) is 0.250. The van der Waals surface area contributed by atoms with Gasteiger partial charge < -0.3 is 14.4 Å². The lowest BCUT2D eigenvalue weighted by molar-refractivity contribution is 0.0535. The molecule has 1 aliphatic heterocycles. The van der Waals surface area contributed by atoms with Crippen LogP contribution in [-0.4, -0.2) is 52.4 Å². The number of nitrogens with zero attached hydrogens (tertiary/aromatic N) is 3. The van der Waals surface area contributed by atoms with Gasteiger partial charge in [0, 0.05) is 54.4 Å². The Bertz CT molecular complexity index is 1040. The van der Waals surface area contributed by atoms with Crippen LogP contribution >= 0.6 is 0 Å². The van der Waals surface area contributed by atoms with Gasteiger partial charge in [-0.05, 0) is 74.5 Å². The number of piperazine rings is 1. The van der Waals surface area contributed by atoms with Gasteiger partial charge in [-0.3, -0.25) is 9.59 Å². The summed E-state index contributed by atoms with van der Waals surface area (Å²) in [4.78, 5) is 28.9. The molecule has 2 aromatic carbocycles. The molecule has 0 radical (unpaired) electrons. The van der Waals surface area contributed by atoms with Crippen molar-refractivity contribution in [1.82, 2.24) is 14.4 Å². The van der Waals surface area contributed by atoms with E-state index in [2.05, 4.69) is 30.5 Å². The van der Waals surface area contributed by atoms with Crippen LogP contribution in [0.25, 0.3) is 5.69 Å². The molecule has 1 saturated heterocycles. The first-order valence-corrected chi connectivity index (χ1v) is 10.0. The maximum atomic E-state index is 13.1. The monoisotopic (exact) mass is 405 g/mol. The van der Waals surface area contributed by atoms with Gasteiger partial charge in [-0.2, -0.15) is 0 Å². The van der Waals surface area contributed by atoms with Crippen molar-refractivity contribution in [2.45, 2.75) is 13.8 Å². The molecule has 2 heterocycles. The largest absolute Gasteiger partial charge is 0.335 e. The molecule has 1 aliphatic rings. The Kier molecular flexibility index (Phi) is 5.40. The van der Waals surface area contributed by atoms with Crippen molar-refractivity contribution < 1.29 is 14.0 Å². The zero-order valence-corrected chi connectivity index (χ0v) is 17.1. The normalized spacial score (nSPS) is 14.1. The molecular weight excluding hydrogens is 381 g/mol. The third kappa shape index (κ3) is 3.85. The highest BCUT2D eigenvalue weighted by Crippen LogP contribution is 2.18. The molecule has 6 heteroatoms. The number of aromatic nitrogens is 1. The maximum Gasteiger partial charge on any atom is 0.253 e. The van der Waals surface area contributed by atoms with Gasteiger partial charge in [-0.25, -0.2) is 4.39 Å². The van der Waals surface area contributed by atoms with E-state index in [4.69, 9.17) is 0 Å². The second-order valence-corrected chi connectivity index (χ2v) is 7.59. The highest BCUT2D eigenvalue weighted by Gasteiger charge is 2.25. The van der Waals surface area contributed by atoms with E-state index in [-0.39, 0.29) is 17.6 Å². The minimum absolute atomic E-state index is 0.0311. The lowest BCUT2D eigenvalue weighted by atomic mass is 10.1. The molecular formula is C24H24FN3O2. The van der Waals surface area contributed by atoms with Gasteiger partial charge in [0.2, 0.25) is 0 Å². The van der Waals surface area contributed by atoms with E-state index in [1.807, 2.05) is 24.3 Å². The SMILES string of the molecule is Cc1ccc(C)n1-c1ccc(C(=O)N2CCN(C(=O)c3ccc(F)cc3)CC2)cc1. The quantitative estimate of drug-likeness (QED) is 0.665. The average molecular weight is 405 g/mol. The van der Waals surface area contributed by atoms with E-state index in [1.165, 1.54) is 24.3 Å². The number of hydrogen-bond donors (Lipinski definition) is 0. The van der Waals surface area contributed by atoms with Gasteiger partial charge in [0.05, 0.1) is 0 Å². The molecule has 0 bridgehead atoms. The summed E-state index contributed by atoms with van der Waals surface area (Å²) in [5, 5.41) is 0. The summed E-state index contributed by atoms with van der Waals surface area (Å²) < 4.78 is 15.2. The van der Waals surface area contributed by atoms with E-state index < -0.39 is 0 Å². The van der Waals surface area contributed by atoms with Crippen LogP contribution in [0.3, 0.4) is 0 Å². The van der Waals surface area contributed by atoms with Gasteiger partial charge in [0.15, 0.2) is 0 Å². The molecule has 0 aliphatic carbocycles. The summed E-state index contributed by atoms with van der Waals surface area (Å²) in [6.07, 6.45) is 0. The molecule has 0 spiro atoms. The molecule has 0 N–H and O–H groups in total. The average Bonchev–Trinajstić information content (AvgIpc) is 3.11. The second kappa shape index (κ2) is 8.14. The highest BCUT2D eigenvalue weighted by molar-refractivity contribution is 5.96. The number of halogens is 1. The van der Waals surface area contributed by atoms with E-state index in [9.17, 15) is 14.0 Å². The number of aryl methyl sites for hydroxylation is 2. The number of amides is 2. The highest BCUT2D eigenvalue weighted by atomic mass is 19.1. The molecule has 4 rings (SSSR count). The first-order chi connectivity index (χ1) is 14.4. The van der Waals surface area contributed by atoms with Crippen molar-refractivity contribution in [2.24, 2.45) is 0 Å². The second-order valence-electron chi connectivity index (χ2n) is 7.59. The van der Waals surface area contributed by atoms with Crippen molar-refractivity contribution in [3.05, 3.63) is 89.0 Å². The smallest absolute Gasteiger partial charge is 0.253 e. The van der Waals surface area contributed by atoms with Crippen LogP contribution in [0.1, 0.15) is 32.1 Å². The summed E-state index contributed by atoms with van der Waals surface area (Å²) in [5.74, 6) is -0.532. The summed E-state index contributed by atoms with van der Waals surface area (Å²) >= 11 is 0. The molecule has 5 nitrogen and oxygen atoms in total. The van der Waals surface area contributed by atoms with Crippen molar-refractivity contribution in [3.63, 3.8) is 0 Å². The number of benzene rings is 2. The maximum absolute atomic E-state index is 13.1. The summed E-state index contributed by atoms with van der Waals surface area (Å²) in [7, 11) is 0. The summed E-state index contributed by atoms with van der Waals surface area (Å²) in [6.45, 7) is 5.98. The van der Waals surface area contributed by atoms with Gasteiger partial charge in [-0.1, -0.05) is 0 Å². The van der Waals surface area contributed by atoms with E-state index in [1.54, 1.807) is 9.80 Å². The van der Waals surface area contributed by atoms with E-state index in [0.29, 0.717) is 37.3 Å². The van der Waals surface area contributed by atoms with E-state index >= 15 is 0 Å². The fourth-order valence-corrected chi connectivity index (χ4v) is 3.90. The van der Waals surface area contributed by atoms with Crippen molar-refractivity contribution in [2.75, 3.05) is 26.2 Å². The van der Waals surface area contributed by atoms with Gasteiger partial charge in [-0.15, -0.1) is 0 Å². The third-order valence-corrected chi connectivity index (χ3v) is 5.59. The lowest BCUT2D eigenvalue weighted by Gasteiger charge is -2.35. The molecule has 2 amide bonds. The molecule has 3 aromatic rings. The minimum atomic E-state index is -0.366. The molecule has 30 heavy (non-hydrogen) atoms. The van der Waals surface area contributed by atoms with Crippen LogP contribution in [-0.2, 0) is 0 Å². The van der Waals surface area contributed by atoms with Crippen LogP contribution in [0, 0.1) is 19.7 Å². The van der Waals surface area contributed by atoms with Crippen LogP contribution in [0.4, 0.5) is 4.39 Å². The van der Waals surface area contributed by atoms with Crippen molar-refractivity contribution in [3.8, 4) is 5.69 Å². The molecule has 0 saturated carbocycles. The Morgan fingerprint density at radius 3 is 1.50 bits per heavy atom. The molecule has 1 fully saturated rings. The first-order valence-electron chi connectivity index (χ1n) is 10.0. The number of rotatable bonds is 3. The van der Waals surface area contributed by atoms with Crippen LogP contribution in [0.15, 0.2) is 60.7 Å². The molecule has 154 valence electrons. The third-order valence-electron chi connectivity index (χ3n) is 5.59. The lowest BCUT2D eigenvalue weighted by Crippen LogP contribution is -2.50. The number of carbonyl (C=O) groups is 2. The van der Waals surface area contributed by atoms with Crippen LogP contribution in [0.5, 0.6) is 0 Å². The topological polar surface area (TPSA) is 45.6 Å².